The Bertz CT molecular complexity index is 335. The van der Waals surface area contributed by atoms with Crippen LogP contribution < -0.4 is 11.1 Å². The first-order chi connectivity index (χ1) is 7.25. The molecule has 1 heterocycles. The van der Waals surface area contributed by atoms with E-state index in [1.165, 1.54) is 0 Å². The lowest BCUT2D eigenvalue weighted by molar-refractivity contribution is 0.233. The molecule has 1 aliphatic heterocycles. The van der Waals surface area contributed by atoms with Crippen molar-refractivity contribution in [2.45, 2.75) is 6.54 Å². The zero-order valence-electron chi connectivity index (χ0n) is 8.67. The van der Waals surface area contributed by atoms with Gasteiger partial charge in [0.05, 0.1) is 0 Å². The molecule has 0 bridgehead atoms. The van der Waals surface area contributed by atoms with Gasteiger partial charge in [-0.3, -0.25) is 4.90 Å². The summed E-state index contributed by atoms with van der Waals surface area (Å²) in [5.74, 6) is 0. The predicted molar refractivity (Wildman–Crippen MR) is 64.0 cm³/mol. The highest BCUT2D eigenvalue weighted by Crippen LogP contribution is 2.20. The van der Waals surface area contributed by atoms with Crippen LogP contribution in [0.4, 0.5) is 5.69 Å². The molecule has 0 amide bonds. The van der Waals surface area contributed by atoms with E-state index in [-0.39, 0.29) is 0 Å². The number of nitrogens with one attached hydrogen (secondary N) is 1. The summed E-state index contributed by atoms with van der Waals surface area (Å²) in [4.78, 5) is 2.40. The summed E-state index contributed by atoms with van der Waals surface area (Å²) < 4.78 is 0. The van der Waals surface area contributed by atoms with Crippen molar-refractivity contribution in [3.05, 3.63) is 28.8 Å². The van der Waals surface area contributed by atoms with E-state index in [0.29, 0.717) is 0 Å². The van der Waals surface area contributed by atoms with Gasteiger partial charge in [-0.25, -0.2) is 0 Å². The molecule has 0 saturated carbocycles. The summed E-state index contributed by atoms with van der Waals surface area (Å²) in [5.41, 5.74) is 7.54. The van der Waals surface area contributed by atoms with Crippen LogP contribution in [0.1, 0.15) is 5.56 Å². The minimum Gasteiger partial charge on any atom is -0.399 e. The largest absolute Gasteiger partial charge is 0.399 e. The molecule has 0 aliphatic carbocycles. The smallest absolute Gasteiger partial charge is 0.0471 e. The van der Waals surface area contributed by atoms with Gasteiger partial charge in [0, 0.05) is 43.4 Å². The van der Waals surface area contributed by atoms with E-state index in [4.69, 9.17) is 17.3 Å². The van der Waals surface area contributed by atoms with Crippen LogP contribution in [-0.2, 0) is 6.54 Å². The van der Waals surface area contributed by atoms with Gasteiger partial charge in [-0.2, -0.15) is 0 Å². The van der Waals surface area contributed by atoms with Crippen LogP contribution in [0.5, 0.6) is 0 Å². The highest BCUT2D eigenvalue weighted by Gasteiger charge is 2.11. The van der Waals surface area contributed by atoms with Gasteiger partial charge in [0.15, 0.2) is 0 Å². The summed E-state index contributed by atoms with van der Waals surface area (Å²) in [7, 11) is 0. The lowest BCUT2D eigenvalue weighted by Gasteiger charge is -2.27. The van der Waals surface area contributed by atoms with Gasteiger partial charge in [0.25, 0.3) is 0 Å². The van der Waals surface area contributed by atoms with E-state index in [9.17, 15) is 0 Å². The molecule has 3 N–H and O–H groups in total. The Morgan fingerprint density at radius 2 is 2.07 bits per heavy atom. The average molecular weight is 226 g/mol. The van der Waals surface area contributed by atoms with Crippen molar-refractivity contribution in [1.82, 2.24) is 10.2 Å². The molecule has 3 nitrogen and oxygen atoms in total. The van der Waals surface area contributed by atoms with E-state index in [1.54, 1.807) is 0 Å². The summed E-state index contributed by atoms with van der Waals surface area (Å²) in [6.07, 6.45) is 0. The van der Waals surface area contributed by atoms with Crippen LogP contribution in [0, 0.1) is 0 Å². The highest BCUT2D eigenvalue weighted by molar-refractivity contribution is 6.31. The Labute approximate surface area is 95.2 Å². The minimum absolute atomic E-state index is 0.726. The second kappa shape index (κ2) is 4.84. The molecule has 1 saturated heterocycles. The molecule has 4 heteroatoms. The van der Waals surface area contributed by atoms with E-state index >= 15 is 0 Å². The lowest BCUT2D eigenvalue weighted by atomic mass is 10.2. The fraction of sp³-hybridized carbons (Fsp3) is 0.455. The fourth-order valence-corrected chi connectivity index (χ4v) is 2.05. The molecule has 1 aromatic rings. The Morgan fingerprint density at radius 3 is 2.73 bits per heavy atom. The second-order valence-electron chi connectivity index (χ2n) is 3.88. The minimum atomic E-state index is 0.726. The van der Waals surface area contributed by atoms with Crippen LogP contribution >= 0.6 is 11.6 Å². The first kappa shape index (κ1) is 10.7. The number of benzene rings is 1. The number of hydrogen-bond acceptors (Lipinski definition) is 3. The number of halogens is 1. The molecule has 1 aromatic carbocycles. The van der Waals surface area contributed by atoms with Crippen molar-refractivity contribution in [3.8, 4) is 0 Å². The maximum absolute atomic E-state index is 6.13. The molecule has 0 unspecified atom stereocenters. The van der Waals surface area contributed by atoms with Crippen molar-refractivity contribution < 1.29 is 0 Å². The number of piperazine rings is 1. The van der Waals surface area contributed by atoms with Crippen molar-refractivity contribution >= 4 is 17.3 Å². The molecule has 15 heavy (non-hydrogen) atoms. The average Bonchev–Trinajstić information content (AvgIpc) is 2.24. The molecule has 0 spiro atoms. The predicted octanol–water partition coefficient (Wildman–Crippen LogP) is 1.33. The fourth-order valence-electron chi connectivity index (χ4n) is 1.80. The normalized spacial score (nSPS) is 17.9. The van der Waals surface area contributed by atoms with Gasteiger partial charge >= 0.3 is 0 Å². The third-order valence-electron chi connectivity index (χ3n) is 2.68. The van der Waals surface area contributed by atoms with Gasteiger partial charge in [0.1, 0.15) is 0 Å². The zero-order valence-corrected chi connectivity index (χ0v) is 9.43. The Hall–Kier alpha value is -0.770. The highest BCUT2D eigenvalue weighted by atomic mass is 35.5. The van der Waals surface area contributed by atoms with Crippen LogP contribution in [0.3, 0.4) is 0 Å². The molecule has 0 radical (unpaired) electrons. The molecule has 82 valence electrons. The number of nitrogen functional groups attached to an aromatic ring is 1. The Kier molecular flexibility index (Phi) is 3.46. The number of nitrogens with zero attached hydrogens (tertiary/aromatic N) is 1. The van der Waals surface area contributed by atoms with Gasteiger partial charge in [-0.15, -0.1) is 0 Å². The molecule has 0 aromatic heterocycles. The standard InChI is InChI=1S/C11H16ClN3/c12-11-7-10(13)2-1-9(11)8-15-5-3-14-4-6-15/h1-2,7,14H,3-6,8,13H2. The maximum atomic E-state index is 6.13. The maximum Gasteiger partial charge on any atom is 0.0471 e. The number of hydrogen-bond donors (Lipinski definition) is 2. The molecular formula is C11H16ClN3. The Balaban J connectivity index is 2.03. The zero-order chi connectivity index (χ0) is 10.7. The van der Waals surface area contributed by atoms with Crippen LogP contribution in [-0.4, -0.2) is 31.1 Å². The molecule has 2 rings (SSSR count). The SMILES string of the molecule is Nc1ccc(CN2CCNCC2)c(Cl)c1. The summed E-state index contributed by atoms with van der Waals surface area (Å²) in [6.45, 7) is 5.21. The van der Waals surface area contributed by atoms with Crippen LogP contribution in [0.25, 0.3) is 0 Å². The van der Waals surface area contributed by atoms with Gasteiger partial charge in [0.2, 0.25) is 0 Å². The number of rotatable bonds is 2. The first-order valence-corrected chi connectivity index (χ1v) is 5.60. The monoisotopic (exact) mass is 225 g/mol. The topological polar surface area (TPSA) is 41.3 Å². The van der Waals surface area contributed by atoms with Gasteiger partial charge in [-0.05, 0) is 17.7 Å². The number of anilines is 1. The van der Waals surface area contributed by atoms with Gasteiger partial charge < -0.3 is 11.1 Å². The van der Waals surface area contributed by atoms with E-state index in [1.807, 2.05) is 18.2 Å². The summed E-state index contributed by atoms with van der Waals surface area (Å²) in [5, 5.41) is 4.10. The molecular weight excluding hydrogens is 210 g/mol. The van der Waals surface area contributed by atoms with Crippen molar-refractivity contribution in [2.75, 3.05) is 31.9 Å². The van der Waals surface area contributed by atoms with Crippen molar-refractivity contribution in [3.63, 3.8) is 0 Å². The van der Waals surface area contributed by atoms with E-state index in [2.05, 4.69) is 10.2 Å². The summed E-state index contributed by atoms with van der Waals surface area (Å²) in [6, 6.07) is 5.74. The summed E-state index contributed by atoms with van der Waals surface area (Å²) >= 11 is 6.13. The van der Waals surface area contributed by atoms with Crippen molar-refractivity contribution in [2.24, 2.45) is 0 Å². The Morgan fingerprint density at radius 1 is 1.33 bits per heavy atom. The lowest BCUT2D eigenvalue weighted by Crippen LogP contribution is -2.42. The molecule has 0 atom stereocenters. The second-order valence-corrected chi connectivity index (χ2v) is 4.28. The molecule has 1 aliphatic rings. The molecule has 1 fully saturated rings. The third-order valence-corrected chi connectivity index (χ3v) is 3.03. The quantitative estimate of drug-likeness (QED) is 0.747. The number of nitrogens with two attached hydrogens (primary N) is 1. The van der Waals surface area contributed by atoms with Crippen molar-refractivity contribution in [1.29, 1.82) is 0 Å². The van der Waals surface area contributed by atoms with E-state index < -0.39 is 0 Å². The third kappa shape index (κ3) is 2.84. The first-order valence-electron chi connectivity index (χ1n) is 5.23. The van der Waals surface area contributed by atoms with Crippen LogP contribution in [0.15, 0.2) is 18.2 Å². The van der Waals surface area contributed by atoms with Gasteiger partial charge in [-0.1, -0.05) is 17.7 Å². The van der Waals surface area contributed by atoms with Crippen LogP contribution in [0.2, 0.25) is 5.02 Å². The van der Waals surface area contributed by atoms with E-state index in [0.717, 1.165) is 49.0 Å².